The Morgan fingerprint density at radius 1 is 1.00 bits per heavy atom. The van der Waals surface area contributed by atoms with Crippen LogP contribution in [0.5, 0.6) is 0 Å². The average Bonchev–Trinajstić information content (AvgIpc) is 2.66. The van der Waals surface area contributed by atoms with Crippen molar-refractivity contribution in [3.05, 3.63) is 35.9 Å². The zero-order chi connectivity index (χ0) is 11.9. The number of hydrogen-bond donors (Lipinski definition) is 0. The fourth-order valence-corrected chi connectivity index (χ4v) is 2.30. The monoisotopic (exact) mass is 226 g/mol. The number of benzene rings is 1. The van der Waals surface area contributed by atoms with Crippen molar-refractivity contribution in [3.8, 4) is 11.8 Å². The molecule has 17 heavy (non-hydrogen) atoms. The van der Waals surface area contributed by atoms with E-state index < -0.39 is 0 Å². The number of carbonyl (C=O) groups excluding carboxylic acids is 1. The van der Waals surface area contributed by atoms with Crippen molar-refractivity contribution in [2.45, 2.75) is 38.5 Å². The number of hydrogen-bond acceptors (Lipinski definition) is 1. The summed E-state index contributed by atoms with van der Waals surface area (Å²) in [5.41, 5.74) is 0.925. The molecule has 0 N–H and O–H groups in total. The van der Waals surface area contributed by atoms with Gasteiger partial charge in [-0.1, -0.05) is 49.8 Å². The van der Waals surface area contributed by atoms with Gasteiger partial charge in [0.1, 0.15) is 0 Å². The van der Waals surface area contributed by atoms with Gasteiger partial charge in [0, 0.05) is 11.5 Å². The van der Waals surface area contributed by atoms with E-state index in [9.17, 15) is 4.79 Å². The molecule has 2 rings (SSSR count). The van der Waals surface area contributed by atoms with Gasteiger partial charge in [0.25, 0.3) is 0 Å². The van der Waals surface area contributed by atoms with Crippen LogP contribution in [0.15, 0.2) is 30.3 Å². The zero-order valence-electron chi connectivity index (χ0n) is 10.1. The fraction of sp³-hybridized carbons (Fsp3) is 0.438. The summed E-state index contributed by atoms with van der Waals surface area (Å²) in [4.78, 5) is 12.0. The van der Waals surface area contributed by atoms with Gasteiger partial charge in [-0.05, 0) is 30.9 Å². The number of rotatable bonds is 1. The Labute approximate surface area is 103 Å². The lowest BCUT2D eigenvalue weighted by Gasteiger charge is -2.07. The first-order valence-corrected chi connectivity index (χ1v) is 6.47. The summed E-state index contributed by atoms with van der Waals surface area (Å²) in [6.45, 7) is 0. The van der Waals surface area contributed by atoms with Crippen molar-refractivity contribution < 1.29 is 4.79 Å². The maximum Gasteiger partial charge on any atom is 0.208 e. The first-order chi connectivity index (χ1) is 8.36. The third kappa shape index (κ3) is 3.75. The van der Waals surface area contributed by atoms with E-state index in [1.165, 1.54) is 25.7 Å². The molecule has 0 atom stereocenters. The van der Waals surface area contributed by atoms with Gasteiger partial charge in [0.05, 0.1) is 0 Å². The highest BCUT2D eigenvalue weighted by Gasteiger charge is 2.17. The van der Waals surface area contributed by atoms with Crippen LogP contribution in [-0.2, 0) is 4.79 Å². The SMILES string of the molecule is O=C(C#Cc1ccccc1)C1CCCCCC1. The molecule has 1 aromatic carbocycles. The minimum Gasteiger partial charge on any atom is -0.285 e. The molecule has 0 bridgehead atoms. The molecule has 0 radical (unpaired) electrons. The van der Waals surface area contributed by atoms with E-state index in [0.717, 1.165) is 18.4 Å². The lowest BCUT2D eigenvalue weighted by Crippen LogP contribution is -2.11. The molecule has 0 saturated heterocycles. The van der Waals surface area contributed by atoms with Crippen molar-refractivity contribution >= 4 is 5.78 Å². The molecule has 0 amide bonds. The highest BCUT2D eigenvalue weighted by molar-refractivity contribution is 5.97. The average molecular weight is 226 g/mol. The van der Waals surface area contributed by atoms with Crippen molar-refractivity contribution in [3.63, 3.8) is 0 Å². The summed E-state index contributed by atoms with van der Waals surface area (Å²) >= 11 is 0. The van der Waals surface area contributed by atoms with E-state index >= 15 is 0 Å². The highest BCUT2D eigenvalue weighted by atomic mass is 16.1. The molecule has 1 aromatic rings. The highest BCUT2D eigenvalue weighted by Crippen LogP contribution is 2.23. The first kappa shape index (κ1) is 11.9. The maximum absolute atomic E-state index is 12.0. The summed E-state index contributed by atoms with van der Waals surface area (Å²) in [7, 11) is 0. The molecule has 0 aliphatic heterocycles. The van der Waals surface area contributed by atoms with Crippen molar-refractivity contribution in [2.75, 3.05) is 0 Å². The van der Waals surface area contributed by atoms with Crippen molar-refractivity contribution in [2.24, 2.45) is 5.92 Å². The second kappa shape index (κ2) is 6.25. The van der Waals surface area contributed by atoms with Crippen LogP contribution in [0.25, 0.3) is 0 Å². The Balaban J connectivity index is 1.99. The Kier molecular flexibility index (Phi) is 4.38. The van der Waals surface area contributed by atoms with E-state index in [-0.39, 0.29) is 11.7 Å². The van der Waals surface area contributed by atoms with Gasteiger partial charge in [0.2, 0.25) is 5.78 Å². The molecular formula is C16H18O. The van der Waals surface area contributed by atoms with Crippen LogP contribution < -0.4 is 0 Å². The van der Waals surface area contributed by atoms with Crippen molar-refractivity contribution in [1.29, 1.82) is 0 Å². The van der Waals surface area contributed by atoms with Crippen LogP contribution in [0.3, 0.4) is 0 Å². The van der Waals surface area contributed by atoms with E-state index in [0.29, 0.717) is 0 Å². The predicted octanol–water partition coefficient (Wildman–Crippen LogP) is 3.58. The molecule has 0 aromatic heterocycles. The molecule has 1 aliphatic rings. The third-order valence-corrected chi connectivity index (χ3v) is 3.33. The molecular weight excluding hydrogens is 208 g/mol. The number of ketones is 1. The Hall–Kier alpha value is -1.55. The molecule has 88 valence electrons. The standard InChI is InChI=1S/C16H18O/c17-16(15-10-6-1-2-7-11-15)13-12-14-8-4-3-5-9-14/h3-5,8-9,15H,1-2,6-7,10-11H2. The van der Waals surface area contributed by atoms with E-state index in [2.05, 4.69) is 11.8 Å². The van der Waals surface area contributed by atoms with Crippen molar-refractivity contribution in [1.82, 2.24) is 0 Å². The molecule has 1 heteroatoms. The minimum absolute atomic E-state index is 0.135. The van der Waals surface area contributed by atoms with Crippen LogP contribution in [0.2, 0.25) is 0 Å². The lowest BCUT2D eigenvalue weighted by molar-refractivity contribution is -0.117. The number of Topliss-reactive ketones (excluding diaryl/α,β-unsaturated/α-hetero) is 1. The molecule has 1 nitrogen and oxygen atoms in total. The molecule has 0 heterocycles. The van der Waals surface area contributed by atoms with Gasteiger partial charge in [-0.2, -0.15) is 0 Å². The van der Waals surface area contributed by atoms with Gasteiger partial charge in [0.15, 0.2) is 0 Å². The van der Waals surface area contributed by atoms with Crippen LogP contribution in [0.4, 0.5) is 0 Å². The Morgan fingerprint density at radius 2 is 1.65 bits per heavy atom. The van der Waals surface area contributed by atoms with Gasteiger partial charge < -0.3 is 0 Å². The second-order valence-corrected chi connectivity index (χ2v) is 4.67. The summed E-state index contributed by atoms with van der Waals surface area (Å²) in [5, 5.41) is 0. The van der Waals surface area contributed by atoms with Gasteiger partial charge in [-0.3, -0.25) is 4.79 Å². The van der Waals surface area contributed by atoms with Crippen LogP contribution >= 0.6 is 0 Å². The van der Waals surface area contributed by atoms with E-state index in [1.54, 1.807) is 0 Å². The molecule has 0 spiro atoms. The lowest BCUT2D eigenvalue weighted by atomic mass is 9.95. The van der Waals surface area contributed by atoms with Crippen LogP contribution in [-0.4, -0.2) is 5.78 Å². The Morgan fingerprint density at radius 3 is 2.29 bits per heavy atom. The molecule has 1 aliphatic carbocycles. The fourth-order valence-electron chi connectivity index (χ4n) is 2.30. The second-order valence-electron chi connectivity index (χ2n) is 4.67. The van der Waals surface area contributed by atoms with Gasteiger partial charge in [-0.15, -0.1) is 0 Å². The van der Waals surface area contributed by atoms with Crippen LogP contribution in [0, 0.1) is 17.8 Å². The topological polar surface area (TPSA) is 17.1 Å². The van der Waals surface area contributed by atoms with Crippen LogP contribution in [0.1, 0.15) is 44.1 Å². The molecule has 1 fully saturated rings. The largest absolute Gasteiger partial charge is 0.285 e. The summed E-state index contributed by atoms with van der Waals surface area (Å²) in [6, 6.07) is 9.72. The van der Waals surface area contributed by atoms with E-state index in [1.807, 2.05) is 30.3 Å². The maximum atomic E-state index is 12.0. The molecule has 0 unspecified atom stereocenters. The summed E-state index contributed by atoms with van der Waals surface area (Å²) in [5.74, 6) is 6.09. The summed E-state index contributed by atoms with van der Waals surface area (Å²) < 4.78 is 0. The zero-order valence-corrected chi connectivity index (χ0v) is 10.1. The van der Waals surface area contributed by atoms with E-state index in [4.69, 9.17) is 0 Å². The predicted molar refractivity (Wildman–Crippen MR) is 69.5 cm³/mol. The smallest absolute Gasteiger partial charge is 0.208 e. The number of carbonyl (C=O) groups is 1. The van der Waals surface area contributed by atoms with Gasteiger partial charge >= 0.3 is 0 Å². The minimum atomic E-state index is 0.135. The Bertz CT molecular complexity index is 414. The first-order valence-electron chi connectivity index (χ1n) is 6.47. The third-order valence-electron chi connectivity index (χ3n) is 3.33. The summed E-state index contributed by atoms with van der Waals surface area (Å²) in [6.07, 6.45) is 6.98. The normalized spacial score (nSPS) is 16.7. The molecule has 1 saturated carbocycles. The van der Waals surface area contributed by atoms with Gasteiger partial charge in [-0.25, -0.2) is 0 Å². The quantitative estimate of drug-likeness (QED) is 0.528.